The molecule has 1 rings (SSSR count). The van der Waals surface area contributed by atoms with Crippen molar-refractivity contribution in [2.45, 2.75) is 12.7 Å². The molecule has 15 heavy (non-hydrogen) atoms. The Morgan fingerprint density at radius 3 is 2.73 bits per heavy atom. The summed E-state index contributed by atoms with van der Waals surface area (Å²) in [5.74, 6) is 2.74. The average Bonchev–Trinajstić information content (AvgIpc) is 2.10. The van der Waals surface area contributed by atoms with Crippen LogP contribution in [0.1, 0.15) is 11.5 Å². The minimum absolute atomic E-state index is 0.533. The summed E-state index contributed by atoms with van der Waals surface area (Å²) in [5, 5.41) is 0.533. The summed E-state index contributed by atoms with van der Waals surface area (Å²) >= 11 is 7.67. The lowest BCUT2D eigenvalue weighted by molar-refractivity contribution is 0.437. The van der Waals surface area contributed by atoms with E-state index >= 15 is 0 Å². The van der Waals surface area contributed by atoms with Gasteiger partial charge in [0.25, 0.3) is 0 Å². The fourth-order valence-electron chi connectivity index (χ4n) is 1.06. The van der Waals surface area contributed by atoms with Crippen LogP contribution in [0.15, 0.2) is 6.07 Å². The Balaban J connectivity index is 2.37. The van der Waals surface area contributed by atoms with Gasteiger partial charge in [0.15, 0.2) is 0 Å². The van der Waals surface area contributed by atoms with Crippen molar-refractivity contribution in [2.24, 2.45) is 0 Å². The van der Waals surface area contributed by atoms with Crippen LogP contribution in [0.3, 0.4) is 0 Å². The van der Waals surface area contributed by atoms with E-state index in [9.17, 15) is 0 Å². The zero-order valence-electron chi connectivity index (χ0n) is 9.33. The molecule has 0 saturated heterocycles. The van der Waals surface area contributed by atoms with E-state index in [1.54, 1.807) is 6.07 Å². The molecule has 0 N–H and O–H groups in total. The third kappa shape index (κ3) is 5.35. The van der Waals surface area contributed by atoms with E-state index in [2.05, 4.69) is 29.0 Å². The van der Waals surface area contributed by atoms with Crippen molar-refractivity contribution in [3.05, 3.63) is 22.7 Å². The predicted molar refractivity (Wildman–Crippen MR) is 66.5 cm³/mol. The summed E-state index contributed by atoms with van der Waals surface area (Å²) in [6, 6.07) is 1.77. The zero-order chi connectivity index (χ0) is 11.3. The molecule has 0 unspecified atom stereocenters. The highest BCUT2D eigenvalue weighted by Gasteiger charge is 2.00. The molecule has 0 spiro atoms. The van der Waals surface area contributed by atoms with E-state index in [0.29, 0.717) is 5.15 Å². The Labute approximate surface area is 100 Å². The molecule has 84 valence electrons. The predicted octanol–water partition coefficient (Wildman–Crippen LogP) is 2.23. The van der Waals surface area contributed by atoms with Crippen LogP contribution in [0, 0.1) is 6.92 Å². The number of hydrogen-bond donors (Lipinski definition) is 0. The van der Waals surface area contributed by atoms with Gasteiger partial charge in [-0.25, -0.2) is 9.97 Å². The smallest absolute Gasteiger partial charge is 0.140 e. The molecular weight excluding hydrogens is 230 g/mol. The summed E-state index contributed by atoms with van der Waals surface area (Å²) in [6.45, 7) is 3.01. The highest BCUT2D eigenvalue weighted by molar-refractivity contribution is 7.98. The number of aryl methyl sites for hydroxylation is 1. The molecule has 0 aliphatic carbocycles. The molecule has 0 fully saturated rings. The summed E-state index contributed by atoms with van der Waals surface area (Å²) in [4.78, 5) is 10.7. The van der Waals surface area contributed by atoms with Crippen LogP contribution in [0.4, 0.5) is 0 Å². The fraction of sp³-hybridized carbons (Fsp3) is 0.600. The SMILES string of the molecule is Cc1cc(Cl)nc(CSCCN(C)C)n1. The lowest BCUT2D eigenvalue weighted by Gasteiger charge is -2.08. The Morgan fingerprint density at radius 1 is 1.40 bits per heavy atom. The molecule has 3 nitrogen and oxygen atoms in total. The van der Waals surface area contributed by atoms with Crippen LogP contribution < -0.4 is 0 Å². The van der Waals surface area contributed by atoms with Gasteiger partial charge < -0.3 is 4.90 Å². The van der Waals surface area contributed by atoms with E-state index in [1.807, 2.05) is 18.7 Å². The Morgan fingerprint density at radius 2 is 2.13 bits per heavy atom. The maximum absolute atomic E-state index is 5.84. The van der Waals surface area contributed by atoms with Crippen LogP contribution in [0.5, 0.6) is 0 Å². The molecular formula is C10H16ClN3S. The molecule has 0 atom stereocenters. The Bertz CT molecular complexity index is 297. The standard InChI is InChI=1S/C10H16ClN3S/c1-8-6-9(11)13-10(12-8)7-15-5-4-14(2)3/h6H,4-5,7H2,1-3H3. The van der Waals surface area contributed by atoms with Gasteiger partial charge in [0.2, 0.25) is 0 Å². The van der Waals surface area contributed by atoms with Gasteiger partial charge in [-0.3, -0.25) is 0 Å². The summed E-state index contributed by atoms with van der Waals surface area (Å²) in [6.07, 6.45) is 0. The van der Waals surface area contributed by atoms with Crippen molar-refractivity contribution in [3.63, 3.8) is 0 Å². The third-order valence-corrected chi connectivity index (χ3v) is 2.91. The molecule has 0 aliphatic rings. The van der Waals surface area contributed by atoms with Gasteiger partial charge in [-0.1, -0.05) is 11.6 Å². The first-order valence-electron chi connectivity index (χ1n) is 4.80. The topological polar surface area (TPSA) is 29.0 Å². The second-order valence-corrected chi connectivity index (χ2v) is 5.10. The highest BCUT2D eigenvalue weighted by Crippen LogP contribution is 2.12. The van der Waals surface area contributed by atoms with Crippen molar-refractivity contribution in [2.75, 3.05) is 26.4 Å². The molecule has 0 bridgehead atoms. The van der Waals surface area contributed by atoms with Crippen molar-refractivity contribution in [1.29, 1.82) is 0 Å². The van der Waals surface area contributed by atoms with Gasteiger partial charge >= 0.3 is 0 Å². The van der Waals surface area contributed by atoms with Crippen LogP contribution in [0.2, 0.25) is 5.15 Å². The largest absolute Gasteiger partial charge is 0.309 e. The van der Waals surface area contributed by atoms with Gasteiger partial charge in [-0.2, -0.15) is 11.8 Å². The molecule has 0 radical (unpaired) electrons. The molecule has 5 heteroatoms. The Hall–Kier alpha value is -0.320. The van der Waals surface area contributed by atoms with Gasteiger partial charge in [0.05, 0.1) is 5.75 Å². The molecule has 0 aliphatic heterocycles. The third-order valence-electron chi connectivity index (χ3n) is 1.78. The quantitative estimate of drug-likeness (QED) is 0.588. The maximum Gasteiger partial charge on any atom is 0.140 e. The molecule has 1 aromatic rings. The monoisotopic (exact) mass is 245 g/mol. The van der Waals surface area contributed by atoms with Gasteiger partial charge in [0.1, 0.15) is 11.0 Å². The number of aromatic nitrogens is 2. The van der Waals surface area contributed by atoms with Crippen LogP contribution in [0.25, 0.3) is 0 Å². The van der Waals surface area contributed by atoms with E-state index in [4.69, 9.17) is 11.6 Å². The Kier molecular flexibility index (Phi) is 5.36. The van der Waals surface area contributed by atoms with Crippen molar-refractivity contribution in [1.82, 2.24) is 14.9 Å². The zero-order valence-corrected chi connectivity index (χ0v) is 10.9. The summed E-state index contributed by atoms with van der Waals surface area (Å²) in [5.41, 5.74) is 0.929. The average molecular weight is 246 g/mol. The van der Waals surface area contributed by atoms with Gasteiger partial charge in [-0.05, 0) is 27.1 Å². The lowest BCUT2D eigenvalue weighted by atomic mass is 10.4. The normalized spacial score (nSPS) is 11.0. The lowest BCUT2D eigenvalue weighted by Crippen LogP contribution is -2.15. The molecule has 0 saturated carbocycles. The second-order valence-electron chi connectivity index (χ2n) is 3.60. The van der Waals surface area contributed by atoms with Gasteiger partial charge in [-0.15, -0.1) is 0 Å². The molecule has 0 amide bonds. The first-order valence-corrected chi connectivity index (χ1v) is 6.33. The minimum atomic E-state index is 0.533. The number of nitrogens with zero attached hydrogens (tertiary/aromatic N) is 3. The van der Waals surface area contributed by atoms with Crippen molar-refractivity contribution in [3.8, 4) is 0 Å². The number of rotatable bonds is 5. The number of thioether (sulfide) groups is 1. The number of halogens is 1. The van der Waals surface area contributed by atoms with E-state index in [0.717, 1.165) is 29.6 Å². The highest BCUT2D eigenvalue weighted by atomic mass is 35.5. The van der Waals surface area contributed by atoms with E-state index in [1.165, 1.54) is 0 Å². The number of hydrogen-bond acceptors (Lipinski definition) is 4. The molecule has 1 aromatic heterocycles. The minimum Gasteiger partial charge on any atom is -0.309 e. The van der Waals surface area contributed by atoms with Crippen LogP contribution in [-0.2, 0) is 5.75 Å². The fourth-order valence-corrected chi connectivity index (χ4v) is 2.27. The molecule has 1 heterocycles. The van der Waals surface area contributed by atoms with E-state index < -0.39 is 0 Å². The van der Waals surface area contributed by atoms with Crippen LogP contribution in [-0.4, -0.2) is 41.3 Å². The van der Waals surface area contributed by atoms with Crippen LogP contribution >= 0.6 is 23.4 Å². The first-order chi connectivity index (χ1) is 7.08. The van der Waals surface area contributed by atoms with Gasteiger partial charge in [0, 0.05) is 18.0 Å². The second kappa shape index (κ2) is 6.30. The maximum atomic E-state index is 5.84. The summed E-state index contributed by atoms with van der Waals surface area (Å²) in [7, 11) is 4.14. The first kappa shape index (κ1) is 12.7. The summed E-state index contributed by atoms with van der Waals surface area (Å²) < 4.78 is 0. The van der Waals surface area contributed by atoms with Crippen molar-refractivity contribution >= 4 is 23.4 Å². The van der Waals surface area contributed by atoms with Crippen molar-refractivity contribution < 1.29 is 0 Å². The molecule has 0 aromatic carbocycles. The van der Waals surface area contributed by atoms with E-state index in [-0.39, 0.29) is 0 Å².